The fraction of sp³-hybridized carbons (Fsp3) is 0.0769. The Morgan fingerprint density at radius 1 is 1.32 bits per heavy atom. The molecule has 19 heavy (non-hydrogen) atoms. The molecule has 98 valence electrons. The van der Waals surface area contributed by atoms with Crippen LogP contribution in [0.5, 0.6) is 5.75 Å². The van der Waals surface area contributed by atoms with Gasteiger partial charge in [-0.05, 0) is 24.3 Å². The van der Waals surface area contributed by atoms with Crippen LogP contribution in [0.3, 0.4) is 0 Å². The number of hydrogen-bond acceptors (Lipinski definition) is 3. The van der Waals surface area contributed by atoms with Crippen molar-refractivity contribution in [1.82, 2.24) is 4.98 Å². The predicted octanol–water partition coefficient (Wildman–Crippen LogP) is 1.77. The molecular formula is C13H11FN2O3. The molecule has 0 bridgehead atoms. The van der Waals surface area contributed by atoms with Crippen molar-refractivity contribution in [2.45, 2.75) is 0 Å². The molecule has 6 heteroatoms. The van der Waals surface area contributed by atoms with E-state index in [-0.39, 0.29) is 11.4 Å². The molecule has 0 radical (unpaired) electrons. The maximum atomic E-state index is 12.7. The van der Waals surface area contributed by atoms with Crippen LogP contribution in [0.15, 0.2) is 41.3 Å². The lowest BCUT2D eigenvalue weighted by molar-refractivity contribution is 0.102. The molecule has 0 atom stereocenters. The standard InChI is InChI=1S/C13H11FN2O3/c1-19-12-7-15-10(6-11(12)17)13(18)16-9-4-2-8(14)3-5-9/h2-7H,1H3,(H,15,17)(H,16,18). The number of aromatic nitrogens is 1. The average molecular weight is 262 g/mol. The van der Waals surface area contributed by atoms with Crippen molar-refractivity contribution in [3.05, 3.63) is 58.3 Å². The summed E-state index contributed by atoms with van der Waals surface area (Å²) in [6.07, 6.45) is 1.31. The van der Waals surface area contributed by atoms with Gasteiger partial charge < -0.3 is 15.0 Å². The minimum absolute atomic E-state index is 0.0927. The van der Waals surface area contributed by atoms with Crippen molar-refractivity contribution in [1.29, 1.82) is 0 Å². The third kappa shape index (κ3) is 2.98. The maximum Gasteiger partial charge on any atom is 0.272 e. The molecule has 1 amide bonds. The van der Waals surface area contributed by atoms with E-state index in [1.807, 2.05) is 0 Å². The number of nitrogens with one attached hydrogen (secondary N) is 2. The first-order chi connectivity index (χ1) is 9.10. The molecule has 0 unspecified atom stereocenters. The van der Waals surface area contributed by atoms with E-state index in [2.05, 4.69) is 10.3 Å². The number of benzene rings is 1. The number of hydrogen-bond donors (Lipinski definition) is 2. The summed E-state index contributed by atoms with van der Waals surface area (Å²) in [5.74, 6) is -0.763. The molecule has 1 heterocycles. The summed E-state index contributed by atoms with van der Waals surface area (Å²) >= 11 is 0. The fourth-order valence-corrected chi connectivity index (χ4v) is 1.48. The van der Waals surface area contributed by atoms with Gasteiger partial charge in [0.2, 0.25) is 5.43 Å². The van der Waals surface area contributed by atoms with Crippen LogP contribution in [0.25, 0.3) is 0 Å². The van der Waals surface area contributed by atoms with Gasteiger partial charge in [0, 0.05) is 18.0 Å². The van der Waals surface area contributed by atoms with E-state index in [4.69, 9.17) is 4.74 Å². The van der Waals surface area contributed by atoms with Gasteiger partial charge in [-0.25, -0.2) is 4.39 Å². The summed E-state index contributed by atoms with van der Waals surface area (Å²) < 4.78 is 17.5. The Morgan fingerprint density at radius 2 is 2.00 bits per heavy atom. The summed E-state index contributed by atoms with van der Waals surface area (Å²) in [4.78, 5) is 26.0. The second kappa shape index (κ2) is 5.34. The van der Waals surface area contributed by atoms with E-state index >= 15 is 0 Å². The van der Waals surface area contributed by atoms with Gasteiger partial charge in [0.1, 0.15) is 11.5 Å². The van der Waals surface area contributed by atoms with Crippen molar-refractivity contribution in [2.75, 3.05) is 12.4 Å². The summed E-state index contributed by atoms with van der Waals surface area (Å²) in [5, 5.41) is 2.53. The first kappa shape index (κ1) is 12.8. The van der Waals surface area contributed by atoms with E-state index in [0.29, 0.717) is 5.69 Å². The zero-order valence-electron chi connectivity index (χ0n) is 10.1. The van der Waals surface area contributed by atoms with Crippen molar-refractivity contribution in [3.63, 3.8) is 0 Å². The predicted molar refractivity (Wildman–Crippen MR) is 68.0 cm³/mol. The van der Waals surface area contributed by atoms with Crippen LogP contribution < -0.4 is 15.5 Å². The number of carbonyl (C=O) groups is 1. The molecule has 0 saturated heterocycles. The lowest BCUT2D eigenvalue weighted by atomic mass is 10.3. The Balaban J connectivity index is 2.18. The first-order valence-electron chi connectivity index (χ1n) is 5.44. The highest BCUT2D eigenvalue weighted by atomic mass is 19.1. The molecule has 2 aromatic rings. The molecule has 2 N–H and O–H groups in total. The van der Waals surface area contributed by atoms with Gasteiger partial charge in [0.05, 0.1) is 7.11 Å². The summed E-state index contributed by atoms with van der Waals surface area (Å²) in [6.45, 7) is 0. The molecule has 5 nitrogen and oxygen atoms in total. The highest BCUT2D eigenvalue weighted by Crippen LogP contribution is 2.10. The van der Waals surface area contributed by atoms with E-state index in [1.54, 1.807) is 0 Å². The number of aromatic amines is 1. The van der Waals surface area contributed by atoms with Crippen LogP contribution in [0, 0.1) is 5.82 Å². The van der Waals surface area contributed by atoms with Crippen LogP contribution in [0.1, 0.15) is 10.5 Å². The normalized spacial score (nSPS) is 10.0. The van der Waals surface area contributed by atoms with Gasteiger partial charge in [0.15, 0.2) is 5.75 Å². The maximum absolute atomic E-state index is 12.7. The number of carbonyl (C=O) groups excluding carboxylic acids is 1. The monoisotopic (exact) mass is 262 g/mol. The highest BCUT2D eigenvalue weighted by molar-refractivity contribution is 6.02. The SMILES string of the molecule is COc1c[nH]c(C(=O)Nc2ccc(F)cc2)cc1=O. The van der Waals surface area contributed by atoms with E-state index in [0.717, 1.165) is 6.07 Å². The number of anilines is 1. The van der Waals surface area contributed by atoms with Gasteiger partial charge in [-0.3, -0.25) is 9.59 Å². The van der Waals surface area contributed by atoms with Gasteiger partial charge in [-0.1, -0.05) is 0 Å². The van der Waals surface area contributed by atoms with Crippen LogP contribution >= 0.6 is 0 Å². The number of H-pyrrole nitrogens is 1. The molecule has 0 saturated carbocycles. The van der Waals surface area contributed by atoms with Crippen LogP contribution in [0.4, 0.5) is 10.1 Å². The Morgan fingerprint density at radius 3 is 2.58 bits per heavy atom. The van der Waals surface area contributed by atoms with Crippen LogP contribution in [-0.4, -0.2) is 18.0 Å². The average Bonchev–Trinajstić information content (AvgIpc) is 2.41. The molecule has 0 aliphatic heterocycles. The second-order valence-corrected chi connectivity index (χ2v) is 3.74. The number of ether oxygens (including phenoxy) is 1. The summed E-state index contributed by atoms with van der Waals surface area (Å²) in [7, 11) is 1.36. The Hall–Kier alpha value is -2.63. The van der Waals surface area contributed by atoms with Crippen LogP contribution in [0.2, 0.25) is 0 Å². The van der Waals surface area contributed by atoms with Gasteiger partial charge in [-0.2, -0.15) is 0 Å². The van der Waals surface area contributed by atoms with Crippen molar-refractivity contribution < 1.29 is 13.9 Å². The smallest absolute Gasteiger partial charge is 0.272 e. The minimum atomic E-state index is -0.494. The van der Waals surface area contributed by atoms with E-state index in [1.165, 1.54) is 37.6 Å². The Kier molecular flexibility index (Phi) is 3.61. The number of methoxy groups -OCH3 is 1. The molecule has 0 aliphatic rings. The van der Waals surface area contributed by atoms with Crippen molar-refractivity contribution in [2.24, 2.45) is 0 Å². The molecule has 1 aromatic carbocycles. The molecule has 0 spiro atoms. The Bertz CT molecular complexity index is 650. The van der Waals surface area contributed by atoms with Gasteiger partial charge in [-0.15, -0.1) is 0 Å². The topological polar surface area (TPSA) is 71.2 Å². The van der Waals surface area contributed by atoms with Gasteiger partial charge >= 0.3 is 0 Å². The van der Waals surface area contributed by atoms with E-state index < -0.39 is 17.2 Å². The number of halogens is 1. The summed E-state index contributed by atoms with van der Waals surface area (Å²) in [5.41, 5.74) is 0.128. The second-order valence-electron chi connectivity index (χ2n) is 3.74. The first-order valence-corrected chi connectivity index (χ1v) is 5.44. The zero-order valence-corrected chi connectivity index (χ0v) is 10.1. The van der Waals surface area contributed by atoms with Crippen LogP contribution in [-0.2, 0) is 0 Å². The highest BCUT2D eigenvalue weighted by Gasteiger charge is 2.09. The molecule has 1 aromatic heterocycles. The van der Waals surface area contributed by atoms with Crippen molar-refractivity contribution >= 4 is 11.6 Å². The third-order valence-corrected chi connectivity index (χ3v) is 2.44. The minimum Gasteiger partial charge on any atom is -0.491 e. The largest absolute Gasteiger partial charge is 0.491 e. The Labute approximate surface area is 108 Å². The van der Waals surface area contributed by atoms with E-state index in [9.17, 15) is 14.0 Å². The number of rotatable bonds is 3. The zero-order chi connectivity index (χ0) is 13.8. The molecule has 2 rings (SSSR count). The molecular weight excluding hydrogens is 251 g/mol. The lowest BCUT2D eigenvalue weighted by Gasteiger charge is -2.05. The summed E-state index contributed by atoms with van der Waals surface area (Å²) in [6, 6.07) is 6.44. The number of pyridine rings is 1. The van der Waals surface area contributed by atoms with Gasteiger partial charge in [0.25, 0.3) is 5.91 Å². The molecule has 0 fully saturated rings. The lowest BCUT2D eigenvalue weighted by Crippen LogP contribution is -2.17. The number of amides is 1. The quantitative estimate of drug-likeness (QED) is 0.885. The third-order valence-electron chi connectivity index (χ3n) is 2.44. The van der Waals surface area contributed by atoms with Crippen molar-refractivity contribution in [3.8, 4) is 5.75 Å². The molecule has 0 aliphatic carbocycles. The fourth-order valence-electron chi connectivity index (χ4n) is 1.48.